The number of hydrogen-bond donors (Lipinski definition) is 0. The molecule has 3 nitrogen and oxygen atoms in total. The number of nitrogens with zero attached hydrogens (tertiary/aromatic N) is 3. The van der Waals surface area contributed by atoms with Gasteiger partial charge in [0.05, 0.1) is 27.8 Å². The molecule has 18 aromatic rings. The predicted octanol–water partition coefficient (Wildman–Crippen LogP) is 24.2. The van der Waals surface area contributed by atoms with Crippen LogP contribution < -0.4 is 16.4 Å². The van der Waals surface area contributed by atoms with E-state index in [1.807, 2.05) is 0 Å². The van der Waals surface area contributed by atoms with Crippen LogP contribution in [0.2, 0.25) is 0 Å². The predicted molar refractivity (Wildman–Crippen MR) is 439 cm³/mol. The van der Waals surface area contributed by atoms with Crippen molar-refractivity contribution in [3.63, 3.8) is 0 Å². The lowest BCUT2D eigenvalue weighted by molar-refractivity contribution is 0.591. The first-order valence-electron chi connectivity index (χ1n) is 36.0. The van der Waals surface area contributed by atoms with Crippen molar-refractivity contribution in [1.82, 2.24) is 13.7 Å². The molecule has 0 aliphatic carbocycles. The molecule has 0 unspecified atom stereocenters. The van der Waals surface area contributed by atoms with Gasteiger partial charge in [0.1, 0.15) is 0 Å². The Morgan fingerprint density at radius 1 is 0.235 bits per heavy atom. The van der Waals surface area contributed by atoms with Crippen molar-refractivity contribution < 1.29 is 0 Å². The third-order valence-corrected chi connectivity index (χ3v) is 22.4. The van der Waals surface area contributed by atoms with E-state index in [4.69, 9.17) is 0 Å². The quantitative estimate of drug-likeness (QED) is 0.153. The molecule has 3 aromatic heterocycles. The number of fused-ring (bicyclic) bond motifs is 21. The third kappa shape index (κ3) is 8.95. The second kappa shape index (κ2) is 22.6. The molecule has 0 spiro atoms. The fourth-order valence-electron chi connectivity index (χ4n) is 17.7. The minimum absolute atomic E-state index is 0.228. The Balaban J connectivity index is 1.16. The van der Waals surface area contributed by atoms with Crippen LogP contribution in [0.3, 0.4) is 0 Å². The van der Waals surface area contributed by atoms with E-state index in [1.165, 1.54) is 136 Å². The molecule has 15 aromatic carbocycles. The van der Waals surface area contributed by atoms with Crippen LogP contribution in [0.15, 0.2) is 328 Å². The highest BCUT2D eigenvalue weighted by molar-refractivity contribution is 7.00. The summed E-state index contributed by atoms with van der Waals surface area (Å²) in [4.78, 5) is 0. The van der Waals surface area contributed by atoms with Gasteiger partial charge in [0.2, 0.25) is 0 Å². The molecule has 0 saturated carbocycles. The molecule has 2 aliphatic heterocycles. The first-order chi connectivity index (χ1) is 49.9. The number of benzene rings is 15. The van der Waals surface area contributed by atoms with Gasteiger partial charge >= 0.3 is 0 Å². The van der Waals surface area contributed by atoms with Gasteiger partial charge < -0.3 is 13.7 Å². The molecule has 0 N–H and O–H groups in total. The van der Waals surface area contributed by atoms with Gasteiger partial charge in [0.25, 0.3) is 6.71 Å². The number of aromatic nitrogens is 3. The molecule has 102 heavy (non-hydrogen) atoms. The SMILES string of the molecule is CC(C)(C)c1cc(-c2ccccc2)c2c(c1)c1ccccc1c1ccccc1c1c(-c3ccccc3)ccc3c1n2-c1cc(-n2c4ccccc4c4ccccc42)cc2c1B3c1ccc(-c3ccccc3)c3c4ccccc4c4ccccc4c4cc(C(C)(C)C)cc(-c5ccccc5)c4n-2c13. The standard InChI is InChI=1S/C98H72BN3/c1-97(2,3)65-55-80(63-35-15-9-16-36-63)93-82(57-65)74-43-21-19-39-70(74)72-41-23-25-47-78(72)90-68(61-31-11-7-12-32-61)51-53-84-95(90)101(93)88-59-67(100-86-49-29-27-45-76(86)77-46-28-30-50-87(77)100)60-89-92(88)99(84)85-54-52-69(62-33-13-8-14-34-62)91-79-48-26-24-42-73(79)71-40-20-22-44-75(71)83-58-66(98(4,5)6)56-81(64-37-17-10-18-38-64)94(83)102(89)96(85)91/h7-60H,1-6H3. The van der Waals surface area contributed by atoms with Gasteiger partial charge in [0.15, 0.2) is 0 Å². The van der Waals surface area contributed by atoms with E-state index < -0.39 is 0 Å². The van der Waals surface area contributed by atoms with E-state index >= 15 is 0 Å². The van der Waals surface area contributed by atoms with E-state index in [0.29, 0.717) is 0 Å². The summed E-state index contributed by atoms with van der Waals surface area (Å²) < 4.78 is 8.19. The van der Waals surface area contributed by atoms with Gasteiger partial charge in [-0.15, -0.1) is 0 Å². The maximum absolute atomic E-state index is 2.81. The highest BCUT2D eigenvalue weighted by Crippen LogP contribution is 2.49. The molecule has 0 radical (unpaired) electrons. The molecule has 0 saturated heterocycles. The molecular formula is C98H72BN3. The van der Waals surface area contributed by atoms with Crippen LogP contribution in [0.25, 0.3) is 170 Å². The van der Waals surface area contributed by atoms with Crippen LogP contribution in [-0.4, -0.2) is 20.4 Å². The Bertz CT molecular complexity index is 6340. The Kier molecular flexibility index (Phi) is 13.3. The number of rotatable bonds is 5. The molecule has 0 bridgehead atoms. The van der Waals surface area contributed by atoms with E-state index in [0.717, 1.165) is 61.4 Å². The van der Waals surface area contributed by atoms with Gasteiger partial charge in [-0.2, -0.15) is 0 Å². The Labute approximate surface area is 594 Å². The van der Waals surface area contributed by atoms with Crippen LogP contribution >= 0.6 is 0 Å². The van der Waals surface area contributed by atoms with Crippen molar-refractivity contribution in [2.24, 2.45) is 0 Å². The summed E-state index contributed by atoms with van der Waals surface area (Å²) in [5.74, 6) is 0. The van der Waals surface area contributed by atoms with E-state index in [2.05, 4.69) is 383 Å². The molecule has 0 atom stereocenters. The van der Waals surface area contributed by atoms with Crippen molar-refractivity contribution in [2.45, 2.75) is 52.4 Å². The Morgan fingerprint density at radius 2 is 0.529 bits per heavy atom. The third-order valence-electron chi connectivity index (χ3n) is 22.4. The average molecular weight is 1300 g/mol. The lowest BCUT2D eigenvalue weighted by Gasteiger charge is -2.38. The zero-order chi connectivity index (χ0) is 68.3. The van der Waals surface area contributed by atoms with Crippen molar-refractivity contribution in [3.05, 3.63) is 339 Å². The highest BCUT2D eigenvalue weighted by Gasteiger charge is 2.42. The maximum atomic E-state index is 2.81. The monoisotopic (exact) mass is 1300 g/mol. The lowest BCUT2D eigenvalue weighted by Crippen LogP contribution is -2.60. The summed E-state index contributed by atoms with van der Waals surface area (Å²) in [6, 6.07) is 126. The van der Waals surface area contributed by atoms with Crippen molar-refractivity contribution in [1.29, 1.82) is 0 Å². The average Bonchev–Trinajstić information content (AvgIpc) is 1.02. The topological polar surface area (TPSA) is 14.8 Å². The Hall–Kier alpha value is -12.2. The second-order valence-corrected chi connectivity index (χ2v) is 30.2. The van der Waals surface area contributed by atoms with Gasteiger partial charge in [-0.3, -0.25) is 0 Å². The fraction of sp³-hybridized carbons (Fsp3) is 0.0816. The maximum Gasteiger partial charge on any atom is 0.252 e. The molecule has 482 valence electrons. The summed E-state index contributed by atoms with van der Waals surface area (Å²) in [5, 5.41) is 16.7. The smallest absolute Gasteiger partial charge is 0.252 e. The van der Waals surface area contributed by atoms with Gasteiger partial charge in [-0.1, -0.05) is 321 Å². The van der Waals surface area contributed by atoms with Gasteiger partial charge in [-0.25, -0.2) is 0 Å². The highest BCUT2D eigenvalue weighted by atomic mass is 15.1. The summed E-state index contributed by atoms with van der Waals surface area (Å²) in [7, 11) is 0. The van der Waals surface area contributed by atoms with Crippen molar-refractivity contribution >= 4 is 132 Å². The zero-order valence-electron chi connectivity index (χ0n) is 58.1. The van der Waals surface area contributed by atoms with E-state index in [9.17, 15) is 0 Å². The van der Waals surface area contributed by atoms with Crippen LogP contribution in [0, 0.1) is 0 Å². The van der Waals surface area contributed by atoms with Crippen molar-refractivity contribution in [2.75, 3.05) is 0 Å². The first-order valence-corrected chi connectivity index (χ1v) is 36.0. The largest absolute Gasteiger partial charge is 0.309 e. The summed E-state index contributed by atoms with van der Waals surface area (Å²) in [6.07, 6.45) is 0. The molecule has 0 amide bonds. The molecule has 5 heterocycles. The summed E-state index contributed by atoms with van der Waals surface area (Å²) in [6.45, 7) is 13.9. The first kappa shape index (κ1) is 59.8. The Morgan fingerprint density at radius 3 is 0.882 bits per heavy atom. The number of hydrogen-bond acceptors (Lipinski definition) is 0. The molecule has 2 aliphatic rings. The minimum Gasteiger partial charge on any atom is -0.309 e. The molecular weight excluding hydrogens is 1230 g/mol. The minimum atomic E-state index is -0.313. The summed E-state index contributed by atoms with van der Waals surface area (Å²) >= 11 is 0. The van der Waals surface area contributed by atoms with Crippen LogP contribution in [-0.2, 0) is 10.8 Å². The van der Waals surface area contributed by atoms with E-state index in [-0.39, 0.29) is 17.5 Å². The van der Waals surface area contributed by atoms with Gasteiger partial charge in [-0.05, 0) is 163 Å². The van der Waals surface area contributed by atoms with Crippen molar-refractivity contribution in [3.8, 4) is 61.6 Å². The van der Waals surface area contributed by atoms with Crippen LogP contribution in [0.5, 0.6) is 0 Å². The number of para-hydroxylation sites is 2. The molecule has 0 fully saturated rings. The lowest BCUT2D eigenvalue weighted by atomic mass is 9.34. The fourth-order valence-corrected chi connectivity index (χ4v) is 17.7. The summed E-state index contributed by atoms with van der Waals surface area (Å²) in [5.41, 5.74) is 25.4. The normalized spacial score (nSPS) is 12.6. The van der Waals surface area contributed by atoms with Crippen LogP contribution in [0.1, 0.15) is 52.7 Å². The second-order valence-electron chi connectivity index (χ2n) is 30.2. The molecule has 4 heteroatoms. The van der Waals surface area contributed by atoms with Gasteiger partial charge in [0, 0.05) is 65.9 Å². The molecule has 20 rings (SSSR count). The van der Waals surface area contributed by atoms with Crippen LogP contribution in [0.4, 0.5) is 0 Å². The van der Waals surface area contributed by atoms with E-state index in [1.54, 1.807) is 0 Å². The zero-order valence-corrected chi connectivity index (χ0v) is 58.1.